The first-order valence-corrected chi connectivity index (χ1v) is 9.22. The van der Waals surface area contributed by atoms with Crippen molar-refractivity contribution in [3.05, 3.63) is 54.1 Å². The maximum Gasteiger partial charge on any atom is 0.219 e. The minimum absolute atomic E-state index is 0. The van der Waals surface area contributed by atoms with Crippen molar-refractivity contribution in [2.45, 2.75) is 20.4 Å². The van der Waals surface area contributed by atoms with E-state index in [1.807, 2.05) is 24.0 Å². The summed E-state index contributed by atoms with van der Waals surface area (Å²) in [6, 6.07) is 16.7. The molecule has 0 unspecified atom stereocenters. The van der Waals surface area contributed by atoms with Gasteiger partial charge in [0.25, 0.3) is 0 Å². The second-order valence-electron chi connectivity index (χ2n) is 6.47. The predicted molar refractivity (Wildman–Crippen MR) is 106 cm³/mol. The fraction of sp³-hybridized carbons (Fsp3) is 0.381. The molecule has 0 aliphatic carbocycles. The van der Waals surface area contributed by atoms with E-state index in [1.54, 1.807) is 6.92 Å². The summed E-state index contributed by atoms with van der Waals surface area (Å²) in [5.74, 6) is 1.07. The van der Waals surface area contributed by atoms with Gasteiger partial charge in [-0.05, 0) is 48.9 Å². The summed E-state index contributed by atoms with van der Waals surface area (Å²) in [6.45, 7) is 8.47. The van der Waals surface area contributed by atoms with Gasteiger partial charge in [-0.3, -0.25) is 4.79 Å². The zero-order valence-electron chi connectivity index (χ0n) is 16.3. The standard InChI is InChI=1S/C21H27N3O2.2ClH/c1-3-26-21-10-4-18(5-11-21)16-22-19-6-8-20(9-7-19)24-14-12-23(13-15-24)17(2)25;;/h4-11,22H,3,12-16H2,1-2H3;2*1H/p-2. The second kappa shape index (κ2) is 11.7. The highest BCUT2D eigenvalue weighted by Crippen LogP contribution is 2.20. The summed E-state index contributed by atoms with van der Waals surface area (Å²) in [5.41, 5.74) is 3.53. The Morgan fingerprint density at radius 1 is 0.964 bits per heavy atom. The number of halogens is 2. The van der Waals surface area contributed by atoms with Crippen LogP contribution in [0.3, 0.4) is 0 Å². The van der Waals surface area contributed by atoms with Crippen molar-refractivity contribution in [1.82, 2.24) is 4.90 Å². The van der Waals surface area contributed by atoms with E-state index < -0.39 is 0 Å². The van der Waals surface area contributed by atoms with Crippen molar-refractivity contribution in [2.75, 3.05) is 43.0 Å². The summed E-state index contributed by atoms with van der Waals surface area (Å²) in [5, 5.41) is 3.45. The van der Waals surface area contributed by atoms with Crippen molar-refractivity contribution in [1.29, 1.82) is 0 Å². The molecule has 1 heterocycles. The van der Waals surface area contributed by atoms with E-state index in [0.29, 0.717) is 6.61 Å². The number of piperazine rings is 1. The number of amides is 1. The number of rotatable bonds is 6. The first kappa shape index (κ1) is 23.9. The Morgan fingerprint density at radius 3 is 2.11 bits per heavy atom. The van der Waals surface area contributed by atoms with E-state index in [2.05, 4.69) is 46.6 Å². The Labute approximate surface area is 179 Å². The average molecular weight is 424 g/mol. The SMILES string of the molecule is CCOc1ccc(CNc2ccc(N3CCN(C(C)=O)CC3)cc2)cc1.[Cl-].[Cl-]. The maximum absolute atomic E-state index is 11.4. The van der Waals surface area contributed by atoms with Crippen LogP contribution in [0.25, 0.3) is 0 Å². The third-order valence-electron chi connectivity index (χ3n) is 4.69. The Morgan fingerprint density at radius 2 is 1.57 bits per heavy atom. The van der Waals surface area contributed by atoms with Gasteiger partial charge in [-0.1, -0.05) is 12.1 Å². The third kappa shape index (κ3) is 6.50. The molecular formula is C21H27Cl2N3O2-2. The molecule has 3 rings (SSSR count). The number of nitrogens with one attached hydrogen (secondary N) is 1. The topological polar surface area (TPSA) is 44.8 Å². The first-order valence-electron chi connectivity index (χ1n) is 9.22. The number of hydrogen-bond acceptors (Lipinski definition) is 4. The highest BCUT2D eigenvalue weighted by molar-refractivity contribution is 5.73. The van der Waals surface area contributed by atoms with Crippen molar-refractivity contribution >= 4 is 17.3 Å². The number of ether oxygens (including phenoxy) is 1. The molecule has 0 radical (unpaired) electrons. The molecule has 1 amide bonds. The summed E-state index contributed by atoms with van der Waals surface area (Å²) in [7, 11) is 0. The summed E-state index contributed by atoms with van der Waals surface area (Å²) in [4.78, 5) is 15.7. The van der Waals surface area contributed by atoms with Gasteiger partial charge < -0.3 is 44.7 Å². The van der Waals surface area contributed by atoms with E-state index in [1.165, 1.54) is 11.3 Å². The molecule has 0 spiro atoms. The molecule has 1 aliphatic rings. The number of carbonyl (C=O) groups excluding carboxylic acids is 1. The van der Waals surface area contributed by atoms with Crippen LogP contribution in [0.15, 0.2) is 48.5 Å². The van der Waals surface area contributed by atoms with Crippen LogP contribution in [0.4, 0.5) is 11.4 Å². The summed E-state index contributed by atoms with van der Waals surface area (Å²) >= 11 is 0. The van der Waals surface area contributed by atoms with E-state index >= 15 is 0 Å². The molecule has 7 heteroatoms. The molecule has 1 saturated heterocycles. The Balaban J connectivity index is 0.00000196. The van der Waals surface area contributed by atoms with E-state index in [-0.39, 0.29) is 30.7 Å². The van der Waals surface area contributed by atoms with Crippen LogP contribution in [0.2, 0.25) is 0 Å². The highest BCUT2D eigenvalue weighted by Gasteiger charge is 2.18. The lowest BCUT2D eigenvalue weighted by Gasteiger charge is -2.35. The van der Waals surface area contributed by atoms with Gasteiger partial charge in [0, 0.05) is 51.0 Å². The molecule has 5 nitrogen and oxygen atoms in total. The molecular weight excluding hydrogens is 397 g/mol. The number of benzene rings is 2. The number of anilines is 2. The van der Waals surface area contributed by atoms with Crippen LogP contribution in [0.5, 0.6) is 5.75 Å². The number of hydrogen-bond donors (Lipinski definition) is 1. The van der Waals surface area contributed by atoms with Crippen LogP contribution in [-0.2, 0) is 11.3 Å². The monoisotopic (exact) mass is 423 g/mol. The van der Waals surface area contributed by atoms with Gasteiger partial charge in [-0.25, -0.2) is 0 Å². The van der Waals surface area contributed by atoms with Gasteiger partial charge in [0.2, 0.25) is 5.91 Å². The van der Waals surface area contributed by atoms with Gasteiger partial charge in [0.1, 0.15) is 5.75 Å². The minimum atomic E-state index is 0. The summed E-state index contributed by atoms with van der Waals surface area (Å²) < 4.78 is 5.47. The minimum Gasteiger partial charge on any atom is -1.00 e. The molecule has 0 bridgehead atoms. The molecule has 0 aromatic heterocycles. The molecule has 1 N–H and O–H groups in total. The second-order valence-corrected chi connectivity index (χ2v) is 6.47. The molecule has 0 saturated carbocycles. The van der Waals surface area contributed by atoms with Gasteiger partial charge in [0.05, 0.1) is 6.61 Å². The maximum atomic E-state index is 11.4. The van der Waals surface area contributed by atoms with Crippen LogP contribution in [-0.4, -0.2) is 43.6 Å². The molecule has 28 heavy (non-hydrogen) atoms. The molecule has 2 aromatic carbocycles. The van der Waals surface area contributed by atoms with Crippen LogP contribution >= 0.6 is 0 Å². The van der Waals surface area contributed by atoms with Gasteiger partial charge >= 0.3 is 0 Å². The Hall–Kier alpha value is -2.11. The van der Waals surface area contributed by atoms with Gasteiger partial charge in [-0.15, -0.1) is 0 Å². The lowest BCUT2D eigenvalue weighted by Crippen LogP contribution is -3.00. The van der Waals surface area contributed by atoms with Crippen LogP contribution < -0.4 is 39.8 Å². The molecule has 154 valence electrons. The Kier molecular flexibility index (Phi) is 9.97. The van der Waals surface area contributed by atoms with Crippen molar-refractivity contribution in [3.8, 4) is 5.75 Å². The van der Waals surface area contributed by atoms with E-state index in [4.69, 9.17) is 4.74 Å². The predicted octanol–water partition coefficient (Wildman–Crippen LogP) is -2.63. The highest BCUT2D eigenvalue weighted by atomic mass is 35.5. The van der Waals surface area contributed by atoms with E-state index in [0.717, 1.165) is 44.2 Å². The molecule has 2 aromatic rings. The van der Waals surface area contributed by atoms with Gasteiger partial charge in [-0.2, -0.15) is 0 Å². The van der Waals surface area contributed by atoms with Crippen molar-refractivity contribution in [2.24, 2.45) is 0 Å². The third-order valence-corrected chi connectivity index (χ3v) is 4.69. The zero-order chi connectivity index (χ0) is 18.4. The lowest BCUT2D eigenvalue weighted by molar-refractivity contribution is -0.129. The Bertz CT molecular complexity index is 715. The van der Waals surface area contributed by atoms with Crippen LogP contribution in [0.1, 0.15) is 19.4 Å². The smallest absolute Gasteiger partial charge is 0.219 e. The van der Waals surface area contributed by atoms with Crippen molar-refractivity contribution < 1.29 is 34.3 Å². The quantitative estimate of drug-likeness (QED) is 0.552. The lowest BCUT2D eigenvalue weighted by atomic mass is 10.2. The zero-order valence-corrected chi connectivity index (χ0v) is 17.8. The fourth-order valence-corrected chi connectivity index (χ4v) is 3.14. The number of nitrogens with zero attached hydrogens (tertiary/aromatic N) is 2. The van der Waals surface area contributed by atoms with Crippen molar-refractivity contribution in [3.63, 3.8) is 0 Å². The molecule has 0 atom stereocenters. The average Bonchev–Trinajstić information content (AvgIpc) is 2.68. The summed E-state index contributed by atoms with van der Waals surface area (Å²) in [6.07, 6.45) is 0. The largest absolute Gasteiger partial charge is 1.00 e. The van der Waals surface area contributed by atoms with E-state index in [9.17, 15) is 4.79 Å². The molecule has 1 fully saturated rings. The molecule has 1 aliphatic heterocycles. The van der Waals surface area contributed by atoms with Crippen LogP contribution in [0, 0.1) is 0 Å². The normalized spacial score (nSPS) is 13.2. The first-order chi connectivity index (χ1) is 12.7. The van der Waals surface area contributed by atoms with Gasteiger partial charge in [0.15, 0.2) is 0 Å². The number of carbonyl (C=O) groups is 1. The fourth-order valence-electron chi connectivity index (χ4n) is 3.14.